The number of methoxy groups -OCH3 is 1. The molecule has 0 saturated carbocycles. The quantitative estimate of drug-likeness (QED) is 0.788. The monoisotopic (exact) mass is 214 g/mol. The number of hydrogen-bond donors (Lipinski definition) is 0. The molecule has 0 aliphatic carbocycles. The minimum atomic E-state index is 0.00339. The molecule has 0 radical (unpaired) electrons. The molecule has 0 amide bonds. The zero-order valence-electron chi connectivity index (χ0n) is 9.42. The fourth-order valence-corrected chi connectivity index (χ4v) is 1.46. The molecule has 0 fully saturated rings. The van der Waals surface area contributed by atoms with Gasteiger partial charge in [0.1, 0.15) is 0 Å². The highest BCUT2D eigenvalue weighted by Crippen LogP contribution is 2.18. The van der Waals surface area contributed by atoms with E-state index in [1.807, 2.05) is 43.3 Å². The standard InChI is InChI=1S/C13H14N2O/c1-10(16-2)11-7-5-8-13(15-11)12-6-3-4-9-14-12/h3-10H,1-2H3/t10-/m0/s1. The SMILES string of the molecule is CO[C@@H](C)c1cccc(-c2ccccn2)n1. The molecule has 2 aromatic heterocycles. The third kappa shape index (κ3) is 2.25. The third-order valence-electron chi connectivity index (χ3n) is 2.47. The lowest BCUT2D eigenvalue weighted by Gasteiger charge is -2.09. The van der Waals surface area contributed by atoms with Gasteiger partial charge in [-0.2, -0.15) is 0 Å². The van der Waals surface area contributed by atoms with Crippen molar-refractivity contribution in [3.63, 3.8) is 0 Å². The van der Waals surface area contributed by atoms with Crippen LogP contribution < -0.4 is 0 Å². The molecule has 0 unspecified atom stereocenters. The second-order valence-corrected chi connectivity index (χ2v) is 3.54. The number of rotatable bonds is 3. The Bertz CT molecular complexity index is 456. The fourth-order valence-electron chi connectivity index (χ4n) is 1.46. The summed E-state index contributed by atoms with van der Waals surface area (Å²) >= 11 is 0. The van der Waals surface area contributed by atoms with Crippen LogP contribution in [-0.4, -0.2) is 17.1 Å². The zero-order chi connectivity index (χ0) is 11.4. The van der Waals surface area contributed by atoms with Crippen molar-refractivity contribution in [1.82, 2.24) is 9.97 Å². The Kier molecular flexibility index (Phi) is 3.27. The molecule has 0 N–H and O–H groups in total. The van der Waals surface area contributed by atoms with E-state index in [4.69, 9.17) is 4.74 Å². The molecule has 3 heteroatoms. The third-order valence-corrected chi connectivity index (χ3v) is 2.47. The van der Waals surface area contributed by atoms with E-state index in [2.05, 4.69) is 9.97 Å². The topological polar surface area (TPSA) is 35.0 Å². The molecule has 0 bridgehead atoms. The van der Waals surface area contributed by atoms with Gasteiger partial charge in [-0.15, -0.1) is 0 Å². The molecule has 0 aliphatic rings. The molecule has 0 spiro atoms. The zero-order valence-corrected chi connectivity index (χ0v) is 9.42. The minimum absolute atomic E-state index is 0.00339. The van der Waals surface area contributed by atoms with Gasteiger partial charge in [0.05, 0.1) is 23.2 Å². The maximum atomic E-state index is 5.24. The first kappa shape index (κ1) is 10.8. The highest BCUT2D eigenvalue weighted by atomic mass is 16.5. The molecule has 2 rings (SSSR count). The number of ether oxygens (including phenoxy) is 1. The lowest BCUT2D eigenvalue weighted by molar-refractivity contribution is 0.116. The summed E-state index contributed by atoms with van der Waals surface area (Å²) in [5.74, 6) is 0. The fraction of sp³-hybridized carbons (Fsp3) is 0.231. The van der Waals surface area contributed by atoms with E-state index in [0.29, 0.717) is 0 Å². The van der Waals surface area contributed by atoms with Gasteiger partial charge in [-0.05, 0) is 31.2 Å². The molecular weight excluding hydrogens is 200 g/mol. The van der Waals surface area contributed by atoms with E-state index in [1.54, 1.807) is 13.3 Å². The van der Waals surface area contributed by atoms with Gasteiger partial charge >= 0.3 is 0 Å². The number of hydrogen-bond acceptors (Lipinski definition) is 3. The summed E-state index contributed by atoms with van der Waals surface area (Å²) in [6.07, 6.45) is 1.77. The van der Waals surface area contributed by atoms with Crippen LogP contribution in [0.5, 0.6) is 0 Å². The second-order valence-electron chi connectivity index (χ2n) is 3.54. The van der Waals surface area contributed by atoms with Gasteiger partial charge in [0.15, 0.2) is 0 Å². The summed E-state index contributed by atoms with van der Waals surface area (Å²) < 4.78 is 5.24. The van der Waals surface area contributed by atoms with Crippen LogP contribution >= 0.6 is 0 Å². The Morgan fingerprint density at radius 3 is 2.56 bits per heavy atom. The van der Waals surface area contributed by atoms with Crippen molar-refractivity contribution >= 4 is 0 Å². The molecule has 16 heavy (non-hydrogen) atoms. The van der Waals surface area contributed by atoms with E-state index >= 15 is 0 Å². The smallest absolute Gasteiger partial charge is 0.0963 e. The number of nitrogens with zero attached hydrogens (tertiary/aromatic N) is 2. The average Bonchev–Trinajstić information content (AvgIpc) is 2.39. The van der Waals surface area contributed by atoms with Crippen LogP contribution in [0.4, 0.5) is 0 Å². The first-order valence-corrected chi connectivity index (χ1v) is 5.22. The van der Waals surface area contributed by atoms with Gasteiger partial charge < -0.3 is 4.74 Å². The van der Waals surface area contributed by atoms with Crippen molar-refractivity contribution in [3.8, 4) is 11.4 Å². The first-order valence-electron chi connectivity index (χ1n) is 5.22. The maximum absolute atomic E-state index is 5.24. The average molecular weight is 214 g/mol. The highest BCUT2D eigenvalue weighted by molar-refractivity contribution is 5.53. The molecule has 0 aliphatic heterocycles. The lowest BCUT2D eigenvalue weighted by atomic mass is 10.2. The van der Waals surface area contributed by atoms with Gasteiger partial charge in [0.2, 0.25) is 0 Å². The molecular formula is C13H14N2O. The molecule has 2 aromatic rings. The normalized spacial score (nSPS) is 12.4. The summed E-state index contributed by atoms with van der Waals surface area (Å²) in [4.78, 5) is 8.80. The van der Waals surface area contributed by atoms with Crippen molar-refractivity contribution in [2.45, 2.75) is 13.0 Å². The van der Waals surface area contributed by atoms with E-state index in [-0.39, 0.29) is 6.10 Å². The molecule has 3 nitrogen and oxygen atoms in total. The van der Waals surface area contributed by atoms with Gasteiger partial charge in [-0.3, -0.25) is 4.98 Å². The van der Waals surface area contributed by atoms with E-state index < -0.39 is 0 Å². The van der Waals surface area contributed by atoms with Crippen LogP contribution in [0.2, 0.25) is 0 Å². The molecule has 82 valence electrons. The van der Waals surface area contributed by atoms with Crippen molar-refractivity contribution < 1.29 is 4.74 Å². The van der Waals surface area contributed by atoms with Crippen molar-refractivity contribution in [2.75, 3.05) is 7.11 Å². The van der Waals surface area contributed by atoms with E-state index in [1.165, 1.54) is 0 Å². The van der Waals surface area contributed by atoms with Crippen LogP contribution in [0, 0.1) is 0 Å². The Morgan fingerprint density at radius 1 is 1.06 bits per heavy atom. The van der Waals surface area contributed by atoms with Crippen LogP contribution in [0.1, 0.15) is 18.7 Å². The summed E-state index contributed by atoms with van der Waals surface area (Å²) in [6.45, 7) is 1.98. The number of aromatic nitrogens is 2. The van der Waals surface area contributed by atoms with Crippen molar-refractivity contribution in [1.29, 1.82) is 0 Å². The Morgan fingerprint density at radius 2 is 1.88 bits per heavy atom. The minimum Gasteiger partial charge on any atom is -0.375 e. The predicted octanol–water partition coefficient (Wildman–Crippen LogP) is 2.85. The summed E-state index contributed by atoms with van der Waals surface area (Å²) in [5.41, 5.74) is 2.68. The summed E-state index contributed by atoms with van der Waals surface area (Å²) in [6, 6.07) is 11.7. The Balaban J connectivity index is 2.36. The molecule has 0 aromatic carbocycles. The lowest BCUT2D eigenvalue weighted by Crippen LogP contribution is -2.00. The van der Waals surface area contributed by atoms with Gasteiger partial charge in [0.25, 0.3) is 0 Å². The van der Waals surface area contributed by atoms with E-state index in [0.717, 1.165) is 17.1 Å². The molecule has 0 saturated heterocycles. The second kappa shape index (κ2) is 4.86. The summed E-state index contributed by atoms with van der Waals surface area (Å²) in [7, 11) is 1.68. The molecule has 2 heterocycles. The predicted molar refractivity (Wildman–Crippen MR) is 62.9 cm³/mol. The Labute approximate surface area is 95.1 Å². The number of pyridine rings is 2. The largest absolute Gasteiger partial charge is 0.375 e. The summed E-state index contributed by atoms with van der Waals surface area (Å²) in [5, 5.41) is 0. The van der Waals surface area contributed by atoms with Crippen LogP contribution in [0.25, 0.3) is 11.4 Å². The van der Waals surface area contributed by atoms with Gasteiger partial charge in [-0.1, -0.05) is 12.1 Å². The van der Waals surface area contributed by atoms with Crippen molar-refractivity contribution in [2.24, 2.45) is 0 Å². The van der Waals surface area contributed by atoms with Gasteiger partial charge in [-0.25, -0.2) is 4.98 Å². The highest BCUT2D eigenvalue weighted by Gasteiger charge is 2.07. The van der Waals surface area contributed by atoms with Crippen LogP contribution in [0.15, 0.2) is 42.6 Å². The Hall–Kier alpha value is -1.74. The van der Waals surface area contributed by atoms with Crippen molar-refractivity contribution in [3.05, 3.63) is 48.3 Å². The van der Waals surface area contributed by atoms with Crippen LogP contribution in [-0.2, 0) is 4.74 Å². The first-order chi connectivity index (χ1) is 7.81. The van der Waals surface area contributed by atoms with Gasteiger partial charge in [0, 0.05) is 13.3 Å². The molecule has 1 atom stereocenters. The van der Waals surface area contributed by atoms with Crippen LogP contribution in [0.3, 0.4) is 0 Å². The van der Waals surface area contributed by atoms with E-state index in [9.17, 15) is 0 Å². The maximum Gasteiger partial charge on any atom is 0.0963 e.